The Kier molecular flexibility index (Phi) is 4.03. The molecule has 2 heterocycles. The molecule has 1 aliphatic rings. The van der Waals surface area contributed by atoms with Crippen LogP contribution in [0.25, 0.3) is 0 Å². The monoisotopic (exact) mass is 334 g/mol. The zero-order chi connectivity index (χ0) is 16.8. The van der Waals surface area contributed by atoms with E-state index in [1.54, 1.807) is 25.6 Å². The van der Waals surface area contributed by atoms with Gasteiger partial charge in [0, 0.05) is 32.1 Å². The lowest BCUT2D eigenvalue weighted by molar-refractivity contribution is 0.469. The number of benzene rings is 1. The minimum Gasteiger partial charge on any atom is -0.326 e. The van der Waals surface area contributed by atoms with Crippen molar-refractivity contribution in [2.75, 3.05) is 13.1 Å². The first-order valence-corrected chi connectivity index (χ1v) is 9.07. The van der Waals surface area contributed by atoms with E-state index in [1.807, 2.05) is 30.3 Å². The Labute approximate surface area is 137 Å². The molecule has 0 radical (unpaired) electrons. The third-order valence-corrected chi connectivity index (χ3v) is 6.68. The summed E-state index contributed by atoms with van der Waals surface area (Å²) in [6.07, 6.45) is 0. The molecule has 1 aromatic heterocycles. The van der Waals surface area contributed by atoms with Gasteiger partial charge in [-0.05, 0) is 19.4 Å². The van der Waals surface area contributed by atoms with E-state index in [2.05, 4.69) is 5.10 Å². The van der Waals surface area contributed by atoms with Crippen molar-refractivity contribution in [3.05, 3.63) is 47.3 Å². The molecule has 7 heteroatoms. The van der Waals surface area contributed by atoms with Crippen LogP contribution < -0.4 is 5.73 Å². The Bertz CT molecular complexity index is 814. The molecular weight excluding hydrogens is 312 g/mol. The van der Waals surface area contributed by atoms with E-state index in [9.17, 15) is 8.42 Å². The third-order valence-electron chi connectivity index (χ3n) is 4.60. The molecule has 0 bridgehead atoms. The molecule has 1 fully saturated rings. The summed E-state index contributed by atoms with van der Waals surface area (Å²) in [5.41, 5.74) is 8.49. The second-order valence-electron chi connectivity index (χ2n) is 6.13. The maximum absolute atomic E-state index is 13.0. The normalized spacial score (nSPS) is 22.6. The van der Waals surface area contributed by atoms with E-state index in [-0.39, 0.29) is 12.0 Å². The van der Waals surface area contributed by atoms with Gasteiger partial charge in [-0.1, -0.05) is 30.3 Å². The van der Waals surface area contributed by atoms with Crippen LogP contribution in [0.2, 0.25) is 0 Å². The number of nitrogens with two attached hydrogens (primary N) is 1. The van der Waals surface area contributed by atoms with Gasteiger partial charge in [0.1, 0.15) is 4.90 Å². The summed E-state index contributed by atoms with van der Waals surface area (Å²) in [5.74, 6) is 0.0169. The fraction of sp³-hybridized carbons (Fsp3) is 0.438. The van der Waals surface area contributed by atoms with Crippen LogP contribution in [0.3, 0.4) is 0 Å². The second-order valence-corrected chi connectivity index (χ2v) is 8.00. The molecule has 0 unspecified atom stereocenters. The fourth-order valence-corrected chi connectivity index (χ4v) is 5.20. The minimum atomic E-state index is -3.58. The average molecular weight is 334 g/mol. The standard InChI is InChI=1S/C16H22N4O2S/c1-11-16(12(2)19(3)18-11)23(21,22)20-9-14(15(17)10-20)13-7-5-4-6-8-13/h4-8,14-15H,9-10,17H2,1-3H3/t14-,15+/m0/s1. The first-order valence-electron chi connectivity index (χ1n) is 7.63. The van der Waals surface area contributed by atoms with Gasteiger partial charge < -0.3 is 5.73 Å². The molecule has 0 spiro atoms. The van der Waals surface area contributed by atoms with Crippen LogP contribution in [0.1, 0.15) is 22.9 Å². The smallest absolute Gasteiger partial charge is 0.246 e. The van der Waals surface area contributed by atoms with E-state index < -0.39 is 10.0 Å². The molecule has 6 nitrogen and oxygen atoms in total. The van der Waals surface area contributed by atoms with Crippen molar-refractivity contribution in [3.63, 3.8) is 0 Å². The Morgan fingerprint density at radius 1 is 1.17 bits per heavy atom. The molecule has 1 aliphatic heterocycles. The van der Waals surface area contributed by atoms with Crippen molar-refractivity contribution in [2.24, 2.45) is 12.8 Å². The molecule has 0 saturated carbocycles. The van der Waals surface area contributed by atoms with Crippen molar-refractivity contribution in [2.45, 2.75) is 30.7 Å². The first kappa shape index (κ1) is 16.2. The summed E-state index contributed by atoms with van der Waals surface area (Å²) in [5, 5.41) is 4.22. The highest BCUT2D eigenvalue weighted by molar-refractivity contribution is 7.89. The van der Waals surface area contributed by atoms with Crippen LogP contribution in [0.5, 0.6) is 0 Å². The predicted molar refractivity (Wildman–Crippen MR) is 88.6 cm³/mol. The highest BCUT2D eigenvalue weighted by Gasteiger charge is 2.40. The summed E-state index contributed by atoms with van der Waals surface area (Å²) in [7, 11) is -1.83. The lowest BCUT2D eigenvalue weighted by Gasteiger charge is -2.17. The molecule has 2 N–H and O–H groups in total. The number of hydrogen-bond donors (Lipinski definition) is 1. The van der Waals surface area contributed by atoms with Crippen LogP contribution >= 0.6 is 0 Å². The van der Waals surface area contributed by atoms with Gasteiger partial charge in [0.2, 0.25) is 10.0 Å². The zero-order valence-corrected chi connectivity index (χ0v) is 14.4. The number of aromatic nitrogens is 2. The topological polar surface area (TPSA) is 81.2 Å². The summed E-state index contributed by atoms with van der Waals surface area (Å²) < 4.78 is 29.2. The molecule has 1 aromatic carbocycles. The van der Waals surface area contributed by atoms with Crippen LogP contribution in [-0.4, -0.2) is 41.6 Å². The van der Waals surface area contributed by atoms with Gasteiger partial charge in [0.25, 0.3) is 0 Å². The number of aryl methyl sites for hydroxylation is 2. The van der Waals surface area contributed by atoms with E-state index in [0.29, 0.717) is 29.4 Å². The second kappa shape index (κ2) is 5.74. The number of sulfonamides is 1. The quantitative estimate of drug-likeness (QED) is 0.913. The Morgan fingerprint density at radius 3 is 2.39 bits per heavy atom. The molecule has 3 rings (SSSR count). The van der Waals surface area contributed by atoms with E-state index >= 15 is 0 Å². The Balaban J connectivity index is 1.94. The van der Waals surface area contributed by atoms with Gasteiger partial charge in [-0.15, -0.1) is 0 Å². The average Bonchev–Trinajstić information content (AvgIpc) is 3.01. The van der Waals surface area contributed by atoms with E-state index in [4.69, 9.17) is 5.73 Å². The van der Waals surface area contributed by atoms with Gasteiger partial charge in [0.15, 0.2) is 0 Å². The summed E-state index contributed by atoms with van der Waals surface area (Å²) in [6.45, 7) is 4.24. The highest BCUT2D eigenvalue weighted by atomic mass is 32.2. The summed E-state index contributed by atoms with van der Waals surface area (Å²) in [4.78, 5) is 0.306. The van der Waals surface area contributed by atoms with Crippen LogP contribution in [0.15, 0.2) is 35.2 Å². The van der Waals surface area contributed by atoms with Crippen LogP contribution in [-0.2, 0) is 17.1 Å². The van der Waals surface area contributed by atoms with E-state index in [1.165, 1.54) is 4.31 Å². The number of hydrogen-bond acceptors (Lipinski definition) is 4. The number of rotatable bonds is 3. The lowest BCUT2D eigenvalue weighted by Crippen LogP contribution is -2.32. The largest absolute Gasteiger partial charge is 0.326 e. The molecule has 23 heavy (non-hydrogen) atoms. The Morgan fingerprint density at radius 2 is 1.83 bits per heavy atom. The molecule has 0 amide bonds. The molecule has 0 aliphatic carbocycles. The molecule has 1 saturated heterocycles. The van der Waals surface area contributed by atoms with Crippen molar-refractivity contribution in [1.29, 1.82) is 0 Å². The highest BCUT2D eigenvalue weighted by Crippen LogP contribution is 2.32. The molecule has 2 aromatic rings. The van der Waals surface area contributed by atoms with Crippen LogP contribution in [0.4, 0.5) is 0 Å². The Hall–Kier alpha value is -1.70. The minimum absolute atomic E-state index is 0.0169. The van der Waals surface area contributed by atoms with E-state index in [0.717, 1.165) is 5.56 Å². The predicted octanol–water partition coefficient (Wildman–Crippen LogP) is 1.15. The fourth-order valence-electron chi connectivity index (χ4n) is 3.30. The molecular formula is C16H22N4O2S. The van der Waals surface area contributed by atoms with Crippen molar-refractivity contribution >= 4 is 10.0 Å². The first-order chi connectivity index (χ1) is 10.8. The number of nitrogens with zero attached hydrogens (tertiary/aromatic N) is 3. The molecule has 2 atom stereocenters. The van der Waals surface area contributed by atoms with Gasteiger partial charge in [-0.2, -0.15) is 9.40 Å². The summed E-state index contributed by atoms with van der Waals surface area (Å²) in [6, 6.07) is 9.65. The molecule has 124 valence electrons. The lowest BCUT2D eigenvalue weighted by atomic mass is 9.95. The third kappa shape index (κ3) is 2.69. The SMILES string of the molecule is Cc1nn(C)c(C)c1S(=O)(=O)N1C[C@@H](N)[C@H](c2ccccc2)C1. The van der Waals surface area contributed by atoms with Crippen molar-refractivity contribution in [3.8, 4) is 0 Å². The van der Waals surface area contributed by atoms with Gasteiger partial charge in [0.05, 0.1) is 11.4 Å². The zero-order valence-electron chi connectivity index (χ0n) is 13.6. The van der Waals surface area contributed by atoms with Crippen LogP contribution in [0, 0.1) is 13.8 Å². The van der Waals surface area contributed by atoms with Gasteiger partial charge >= 0.3 is 0 Å². The van der Waals surface area contributed by atoms with Gasteiger partial charge in [-0.25, -0.2) is 8.42 Å². The van der Waals surface area contributed by atoms with Gasteiger partial charge in [-0.3, -0.25) is 4.68 Å². The maximum Gasteiger partial charge on any atom is 0.246 e. The van der Waals surface area contributed by atoms with Crippen molar-refractivity contribution < 1.29 is 8.42 Å². The summed E-state index contributed by atoms with van der Waals surface area (Å²) >= 11 is 0. The maximum atomic E-state index is 13.0. The van der Waals surface area contributed by atoms with Crippen molar-refractivity contribution in [1.82, 2.24) is 14.1 Å².